The number of hydrogen-bond acceptors (Lipinski definition) is 3. The second kappa shape index (κ2) is 7.81. The van der Waals surface area contributed by atoms with Crippen LogP contribution in [0.15, 0.2) is 66.9 Å². The number of benzene rings is 2. The molecule has 0 unspecified atom stereocenters. The van der Waals surface area contributed by atoms with Gasteiger partial charge in [-0.15, -0.1) is 0 Å². The van der Waals surface area contributed by atoms with Crippen LogP contribution in [0.1, 0.15) is 21.5 Å². The zero-order valence-electron chi connectivity index (χ0n) is 13.8. The van der Waals surface area contributed by atoms with Crippen LogP contribution < -0.4 is 10.6 Å². The standard InChI is InChI=1S/C20H18ClN3O/c1-14-17(21)8-5-9-18(14)24-19-12-16(10-11-22-19)20(25)23-13-15-6-3-2-4-7-15/h2-12H,13H2,1H3,(H,22,24)(H,23,25). The monoisotopic (exact) mass is 351 g/mol. The predicted octanol–water partition coefficient (Wildman–Crippen LogP) is 4.72. The van der Waals surface area contributed by atoms with E-state index in [2.05, 4.69) is 15.6 Å². The fraction of sp³-hybridized carbons (Fsp3) is 0.100. The van der Waals surface area contributed by atoms with Crippen molar-refractivity contribution in [3.05, 3.63) is 88.6 Å². The van der Waals surface area contributed by atoms with Crippen molar-refractivity contribution in [2.45, 2.75) is 13.5 Å². The lowest BCUT2D eigenvalue weighted by atomic mass is 10.2. The highest BCUT2D eigenvalue weighted by Crippen LogP contribution is 2.25. The normalized spacial score (nSPS) is 10.3. The number of pyridine rings is 1. The number of nitrogens with zero attached hydrogens (tertiary/aromatic N) is 1. The number of amides is 1. The molecule has 0 aliphatic heterocycles. The number of carbonyl (C=O) groups is 1. The van der Waals surface area contributed by atoms with Gasteiger partial charge in [-0.05, 0) is 42.3 Å². The molecule has 0 aliphatic rings. The third-order valence-electron chi connectivity index (χ3n) is 3.85. The average molecular weight is 352 g/mol. The van der Waals surface area contributed by atoms with E-state index in [0.29, 0.717) is 22.9 Å². The minimum Gasteiger partial charge on any atom is -0.348 e. The molecule has 3 rings (SSSR count). The minimum atomic E-state index is -0.142. The van der Waals surface area contributed by atoms with Crippen molar-refractivity contribution in [1.29, 1.82) is 0 Å². The van der Waals surface area contributed by atoms with Crippen molar-refractivity contribution in [3.8, 4) is 0 Å². The Labute approximate surface area is 151 Å². The molecule has 126 valence electrons. The zero-order chi connectivity index (χ0) is 17.6. The number of carbonyl (C=O) groups excluding carboxylic acids is 1. The highest BCUT2D eigenvalue weighted by molar-refractivity contribution is 6.31. The van der Waals surface area contributed by atoms with Gasteiger partial charge in [-0.2, -0.15) is 0 Å². The lowest BCUT2D eigenvalue weighted by Gasteiger charge is -2.11. The van der Waals surface area contributed by atoms with Crippen LogP contribution in [0.5, 0.6) is 0 Å². The summed E-state index contributed by atoms with van der Waals surface area (Å²) in [5, 5.41) is 6.80. The largest absolute Gasteiger partial charge is 0.348 e. The van der Waals surface area contributed by atoms with Gasteiger partial charge in [0.05, 0.1) is 0 Å². The Morgan fingerprint density at radius 1 is 1.08 bits per heavy atom. The van der Waals surface area contributed by atoms with E-state index in [1.165, 1.54) is 0 Å². The average Bonchev–Trinajstić information content (AvgIpc) is 2.64. The topological polar surface area (TPSA) is 54.0 Å². The van der Waals surface area contributed by atoms with Crippen LogP contribution in [0.3, 0.4) is 0 Å². The molecule has 0 bridgehead atoms. The highest BCUT2D eigenvalue weighted by atomic mass is 35.5. The van der Waals surface area contributed by atoms with E-state index < -0.39 is 0 Å². The molecule has 0 saturated heterocycles. The summed E-state index contributed by atoms with van der Waals surface area (Å²) >= 11 is 6.14. The molecular formula is C20H18ClN3O. The maximum atomic E-state index is 12.4. The van der Waals surface area contributed by atoms with E-state index >= 15 is 0 Å². The molecule has 1 aromatic heterocycles. The maximum absolute atomic E-state index is 12.4. The van der Waals surface area contributed by atoms with Crippen molar-refractivity contribution < 1.29 is 4.79 Å². The lowest BCUT2D eigenvalue weighted by molar-refractivity contribution is 0.0951. The Hall–Kier alpha value is -2.85. The first-order valence-electron chi connectivity index (χ1n) is 7.94. The van der Waals surface area contributed by atoms with Gasteiger partial charge in [0.15, 0.2) is 0 Å². The summed E-state index contributed by atoms with van der Waals surface area (Å²) in [4.78, 5) is 16.6. The van der Waals surface area contributed by atoms with Crippen molar-refractivity contribution in [3.63, 3.8) is 0 Å². The van der Waals surface area contributed by atoms with Gasteiger partial charge in [-0.3, -0.25) is 4.79 Å². The van der Waals surface area contributed by atoms with E-state index in [0.717, 1.165) is 16.8 Å². The molecule has 0 spiro atoms. The molecule has 5 heteroatoms. The van der Waals surface area contributed by atoms with Gasteiger partial charge < -0.3 is 10.6 Å². The van der Waals surface area contributed by atoms with Crippen LogP contribution in [0.2, 0.25) is 5.02 Å². The first kappa shape index (κ1) is 17.0. The van der Waals surface area contributed by atoms with Gasteiger partial charge in [0.1, 0.15) is 5.82 Å². The first-order chi connectivity index (χ1) is 12.1. The number of aromatic nitrogens is 1. The second-order valence-corrected chi connectivity index (χ2v) is 6.04. The Kier molecular flexibility index (Phi) is 5.31. The zero-order valence-corrected chi connectivity index (χ0v) is 14.5. The summed E-state index contributed by atoms with van der Waals surface area (Å²) in [7, 11) is 0. The summed E-state index contributed by atoms with van der Waals surface area (Å²) in [6, 6.07) is 18.8. The third-order valence-corrected chi connectivity index (χ3v) is 4.26. The van der Waals surface area contributed by atoms with Gasteiger partial charge in [0, 0.05) is 29.0 Å². The predicted molar refractivity (Wildman–Crippen MR) is 101 cm³/mol. The van der Waals surface area contributed by atoms with E-state index in [1.807, 2.05) is 55.5 Å². The quantitative estimate of drug-likeness (QED) is 0.699. The van der Waals surface area contributed by atoms with E-state index in [1.54, 1.807) is 18.3 Å². The molecule has 4 nitrogen and oxygen atoms in total. The molecule has 0 aliphatic carbocycles. The molecule has 2 aromatic carbocycles. The molecule has 0 saturated carbocycles. The van der Waals surface area contributed by atoms with Crippen molar-refractivity contribution >= 4 is 29.0 Å². The molecule has 0 radical (unpaired) electrons. The molecule has 25 heavy (non-hydrogen) atoms. The molecular weight excluding hydrogens is 334 g/mol. The summed E-state index contributed by atoms with van der Waals surface area (Å²) in [5.41, 5.74) is 3.40. The van der Waals surface area contributed by atoms with E-state index in [4.69, 9.17) is 11.6 Å². The van der Waals surface area contributed by atoms with Gasteiger partial charge in [0.2, 0.25) is 0 Å². The third kappa shape index (κ3) is 4.37. The number of rotatable bonds is 5. The smallest absolute Gasteiger partial charge is 0.251 e. The SMILES string of the molecule is Cc1c(Cl)cccc1Nc1cc(C(=O)NCc2ccccc2)ccn1. The van der Waals surface area contributed by atoms with Crippen molar-refractivity contribution in [1.82, 2.24) is 10.3 Å². The van der Waals surface area contributed by atoms with Crippen LogP contribution in [0.4, 0.5) is 11.5 Å². The lowest BCUT2D eigenvalue weighted by Crippen LogP contribution is -2.22. The minimum absolute atomic E-state index is 0.142. The van der Waals surface area contributed by atoms with Gasteiger partial charge >= 0.3 is 0 Å². The number of halogens is 1. The van der Waals surface area contributed by atoms with Crippen LogP contribution in [0, 0.1) is 6.92 Å². The second-order valence-electron chi connectivity index (χ2n) is 5.64. The molecule has 3 aromatic rings. The molecule has 0 fully saturated rings. The Balaban J connectivity index is 1.70. The summed E-state index contributed by atoms with van der Waals surface area (Å²) < 4.78 is 0. The van der Waals surface area contributed by atoms with Gasteiger partial charge in [-0.1, -0.05) is 48.0 Å². The van der Waals surface area contributed by atoms with Crippen LogP contribution in [-0.2, 0) is 6.54 Å². The van der Waals surface area contributed by atoms with E-state index in [-0.39, 0.29) is 5.91 Å². The highest BCUT2D eigenvalue weighted by Gasteiger charge is 2.08. The maximum Gasteiger partial charge on any atom is 0.251 e. The van der Waals surface area contributed by atoms with Crippen molar-refractivity contribution in [2.75, 3.05) is 5.32 Å². The van der Waals surface area contributed by atoms with Crippen LogP contribution in [-0.4, -0.2) is 10.9 Å². The fourth-order valence-electron chi connectivity index (χ4n) is 2.40. The van der Waals surface area contributed by atoms with Gasteiger partial charge in [-0.25, -0.2) is 4.98 Å². The summed E-state index contributed by atoms with van der Waals surface area (Å²) in [5.74, 6) is 0.454. The number of nitrogens with one attached hydrogen (secondary N) is 2. The summed E-state index contributed by atoms with van der Waals surface area (Å²) in [6.45, 7) is 2.42. The molecule has 1 amide bonds. The van der Waals surface area contributed by atoms with Crippen molar-refractivity contribution in [2.24, 2.45) is 0 Å². The van der Waals surface area contributed by atoms with E-state index in [9.17, 15) is 4.79 Å². The Morgan fingerprint density at radius 3 is 2.68 bits per heavy atom. The van der Waals surface area contributed by atoms with Crippen LogP contribution >= 0.6 is 11.6 Å². The van der Waals surface area contributed by atoms with Gasteiger partial charge in [0.25, 0.3) is 5.91 Å². The fourth-order valence-corrected chi connectivity index (χ4v) is 2.58. The number of anilines is 2. The first-order valence-corrected chi connectivity index (χ1v) is 8.31. The molecule has 2 N–H and O–H groups in total. The molecule has 0 atom stereocenters. The number of hydrogen-bond donors (Lipinski definition) is 2. The summed E-state index contributed by atoms with van der Waals surface area (Å²) in [6.07, 6.45) is 1.61. The molecule has 1 heterocycles. The Morgan fingerprint density at radius 2 is 1.88 bits per heavy atom. The van der Waals surface area contributed by atoms with Crippen LogP contribution in [0.25, 0.3) is 0 Å². The Bertz CT molecular complexity index is 881.